The van der Waals surface area contributed by atoms with Crippen LogP contribution < -0.4 is 15.9 Å². The quantitative estimate of drug-likeness (QED) is 0.267. The molecule has 0 saturated carbocycles. The molecule has 0 aliphatic carbocycles. The second kappa shape index (κ2) is 5.82. The summed E-state index contributed by atoms with van der Waals surface area (Å²) >= 11 is 4.57. The number of nitrogens with one attached hydrogen (secondary N) is 1. The zero-order chi connectivity index (χ0) is 12.0. The minimum Gasteiger partial charge on any atom is -0.427 e. The topological polar surface area (TPSA) is 76.7 Å². The molecule has 3 N–H and O–H groups in total. The van der Waals surface area contributed by atoms with Gasteiger partial charge in [0.1, 0.15) is 5.75 Å². The molecule has 0 aliphatic heterocycles. The lowest BCUT2D eigenvalue weighted by Gasteiger charge is -2.00. The van der Waals surface area contributed by atoms with Crippen molar-refractivity contribution in [2.75, 3.05) is 0 Å². The Morgan fingerprint density at radius 1 is 1.50 bits per heavy atom. The smallest absolute Gasteiger partial charge is 0.308 e. The van der Waals surface area contributed by atoms with E-state index in [0.29, 0.717) is 5.75 Å². The van der Waals surface area contributed by atoms with Gasteiger partial charge in [-0.2, -0.15) is 5.10 Å². The summed E-state index contributed by atoms with van der Waals surface area (Å²) in [7, 11) is 0. The first-order valence-corrected chi connectivity index (χ1v) is 4.86. The lowest BCUT2D eigenvalue weighted by atomic mass is 10.2. The maximum atomic E-state index is 10.7. The summed E-state index contributed by atoms with van der Waals surface area (Å²) < 4.78 is 4.87. The first-order chi connectivity index (χ1) is 7.58. The van der Waals surface area contributed by atoms with Crippen LogP contribution in [0.4, 0.5) is 0 Å². The van der Waals surface area contributed by atoms with Gasteiger partial charge < -0.3 is 10.5 Å². The SMILES string of the molecule is CC(=O)Oc1ccc(/C=N/NC(N)=S)cc1. The number of hydrogen-bond donors (Lipinski definition) is 2. The van der Waals surface area contributed by atoms with Crippen LogP contribution in [0.2, 0.25) is 0 Å². The van der Waals surface area contributed by atoms with Gasteiger partial charge in [-0.1, -0.05) is 0 Å². The number of benzene rings is 1. The molecule has 1 rings (SSSR count). The molecule has 0 atom stereocenters. The van der Waals surface area contributed by atoms with Gasteiger partial charge >= 0.3 is 5.97 Å². The van der Waals surface area contributed by atoms with E-state index in [-0.39, 0.29) is 11.1 Å². The van der Waals surface area contributed by atoms with Crippen molar-refractivity contribution >= 4 is 29.5 Å². The third-order valence-electron chi connectivity index (χ3n) is 1.53. The predicted molar refractivity (Wildman–Crippen MR) is 65.3 cm³/mol. The van der Waals surface area contributed by atoms with Gasteiger partial charge in [0, 0.05) is 6.92 Å². The fourth-order valence-corrected chi connectivity index (χ4v) is 1.01. The van der Waals surface area contributed by atoms with Crippen LogP contribution in [0, 0.1) is 0 Å². The first kappa shape index (κ1) is 12.1. The van der Waals surface area contributed by atoms with Crippen molar-refractivity contribution in [3.63, 3.8) is 0 Å². The number of nitrogens with two attached hydrogens (primary N) is 1. The molecule has 0 fully saturated rings. The van der Waals surface area contributed by atoms with Gasteiger partial charge in [0.25, 0.3) is 0 Å². The van der Waals surface area contributed by atoms with Crippen LogP contribution in [0.5, 0.6) is 5.75 Å². The summed E-state index contributed by atoms with van der Waals surface area (Å²) in [4.78, 5) is 10.7. The minimum atomic E-state index is -0.350. The van der Waals surface area contributed by atoms with Gasteiger partial charge in [-0.15, -0.1) is 0 Å². The van der Waals surface area contributed by atoms with Crippen molar-refractivity contribution in [3.8, 4) is 5.75 Å². The molecule has 6 heteroatoms. The van der Waals surface area contributed by atoms with Crippen LogP contribution >= 0.6 is 12.2 Å². The number of carbonyl (C=O) groups is 1. The first-order valence-electron chi connectivity index (χ1n) is 4.45. The Morgan fingerprint density at radius 2 is 2.12 bits per heavy atom. The van der Waals surface area contributed by atoms with E-state index in [9.17, 15) is 4.79 Å². The Morgan fingerprint density at radius 3 is 2.62 bits per heavy atom. The third kappa shape index (κ3) is 4.52. The molecule has 16 heavy (non-hydrogen) atoms. The highest BCUT2D eigenvalue weighted by Gasteiger charge is 1.96. The molecular formula is C10H11N3O2S. The molecule has 5 nitrogen and oxygen atoms in total. The molecule has 0 bridgehead atoms. The fraction of sp³-hybridized carbons (Fsp3) is 0.100. The van der Waals surface area contributed by atoms with E-state index in [2.05, 4.69) is 22.7 Å². The number of ether oxygens (including phenoxy) is 1. The normalized spacial score (nSPS) is 10.1. The highest BCUT2D eigenvalue weighted by Crippen LogP contribution is 2.10. The van der Waals surface area contributed by atoms with E-state index in [0.717, 1.165) is 5.56 Å². The molecule has 0 aromatic heterocycles. The van der Waals surface area contributed by atoms with E-state index in [4.69, 9.17) is 10.5 Å². The van der Waals surface area contributed by atoms with Crippen molar-refractivity contribution in [2.45, 2.75) is 6.92 Å². The summed E-state index contributed by atoms with van der Waals surface area (Å²) in [5, 5.41) is 3.89. The van der Waals surface area contributed by atoms with Gasteiger partial charge in [-0.25, -0.2) is 0 Å². The van der Waals surface area contributed by atoms with Crippen molar-refractivity contribution in [1.29, 1.82) is 0 Å². The van der Waals surface area contributed by atoms with Crippen LogP contribution in [0.3, 0.4) is 0 Å². The molecule has 0 saturated heterocycles. The van der Waals surface area contributed by atoms with E-state index in [1.807, 2.05) is 0 Å². The standard InChI is InChI=1S/C10H11N3O2S/c1-7(14)15-9-4-2-8(3-5-9)6-12-13-10(11)16/h2-6H,1H3,(H3,11,13,16)/b12-6+. The average Bonchev–Trinajstić information content (AvgIpc) is 2.19. The number of thiocarbonyl (C=S) groups is 1. The zero-order valence-electron chi connectivity index (χ0n) is 8.64. The number of hydrazone groups is 1. The molecule has 84 valence electrons. The number of carbonyl (C=O) groups excluding carboxylic acids is 1. The lowest BCUT2D eigenvalue weighted by molar-refractivity contribution is -0.131. The van der Waals surface area contributed by atoms with Crippen LogP contribution in [0.1, 0.15) is 12.5 Å². The number of rotatable bonds is 3. The summed E-state index contributed by atoms with van der Waals surface area (Å²) in [6.07, 6.45) is 1.55. The van der Waals surface area contributed by atoms with E-state index in [1.165, 1.54) is 6.92 Å². The Kier molecular flexibility index (Phi) is 4.41. The number of nitrogens with zero attached hydrogens (tertiary/aromatic N) is 1. The second-order valence-corrected chi connectivity index (χ2v) is 3.34. The fourth-order valence-electron chi connectivity index (χ4n) is 0.958. The Labute approximate surface area is 98.3 Å². The van der Waals surface area contributed by atoms with Gasteiger partial charge in [0.15, 0.2) is 5.11 Å². The molecule has 0 heterocycles. The van der Waals surface area contributed by atoms with Crippen LogP contribution in [-0.2, 0) is 4.79 Å². The van der Waals surface area contributed by atoms with Gasteiger partial charge in [-0.05, 0) is 42.0 Å². The van der Waals surface area contributed by atoms with Gasteiger partial charge in [-0.3, -0.25) is 10.2 Å². The van der Waals surface area contributed by atoms with Gasteiger partial charge in [0.2, 0.25) is 0 Å². The maximum Gasteiger partial charge on any atom is 0.308 e. The zero-order valence-corrected chi connectivity index (χ0v) is 9.45. The predicted octanol–water partition coefficient (Wildman–Crippen LogP) is 0.779. The van der Waals surface area contributed by atoms with E-state index in [1.54, 1.807) is 30.5 Å². The molecule has 1 aromatic carbocycles. The van der Waals surface area contributed by atoms with E-state index >= 15 is 0 Å². The Balaban J connectivity index is 2.60. The largest absolute Gasteiger partial charge is 0.427 e. The van der Waals surface area contributed by atoms with Gasteiger partial charge in [0.05, 0.1) is 6.21 Å². The van der Waals surface area contributed by atoms with Crippen LogP contribution in [0.25, 0.3) is 0 Å². The summed E-state index contributed by atoms with van der Waals surface area (Å²) in [6.45, 7) is 1.35. The molecule has 0 spiro atoms. The molecule has 0 amide bonds. The molecule has 0 radical (unpaired) electrons. The summed E-state index contributed by atoms with van der Waals surface area (Å²) in [5.74, 6) is 0.142. The summed E-state index contributed by atoms with van der Waals surface area (Å²) in [6, 6.07) is 6.85. The minimum absolute atomic E-state index is 0.104. The highest BCUT2D eigenvalue weighted by molar-refractivity contribution is 7.80. The van der Waals surface area contributed by atoms with Crippen LogP contribution in [-0.4, -0.2) is 17.3 Å². The maximum absolute atomic E-state index is 10.7. The Hall–Kier alpha value is -1.95. The van der Waals surface area contributed by atoms with E-state index < -0.39 is 0 Å². The Bertz CT molecular complexity index is 415. The monoisotopic (exact) mass is 237 g/mol. The van der Waals surface area contributed by atoms with Crippen molar-refractivity contribution in [2.24, 2.45) is 10.8 Å². The highest BCUT2D eigenvalue weighted by atomic mass is 32.1. The number of esters is 1. The lowest BCUT2D eigenvalue weighted by Crippen LogP contribution is -2.23. The molecule has 0 aliphatic rings. The second-order valence-electron chi connectivity index (χ2n) is 2.90. The molecule has 1 aromatic rings. The molecule has 0 unspecified atom stereocenters. The van der Waals surface area contributed by atoms with Crippen LogP contribution in [0.15, 0.2) is 29.4 Å². The van der Waals surface area contributed by atoms with Crippen molar-refractivity contribution in [3.05, 3.63) is 29.8 Å². The van der Waals surface area contributed by atoms with Crippen molar-refractivity contribution < 1.29 is 9.53 Å². The van der Waals surface area contributed by atoms with Crippen molar-refractivity contribution in [1.82, 2.24) is 5.43 Å². The summed E-state index contributed by atoms with van der Waals surface area (Å²) in [5.41, 5.74) is 8.45. The molecular weight excluding hydrogens is 226 g/mol. The third-order valence-corrected chi connectivity index (χ3v) is 1.62. The average molecular weight is 237 g/mol. The number of hydrogen-bond acceptors (Lipinski definition) is 4.